The van der Waals surface area contributed by atoms with Crippen molar-refractivity contribution in [2.75, 3.05) is 46.1 Å². The zero-order valence-electron chi connectivity index (χ0n) is 23.6. The minimum Gasteiger partial charge on any atom is -0.491 e. The van der Waals surface area contributed by atoms with Crippen LogP contribution < -0.4 is 9.46 Å². The summed E-state index contributed by atoms with van der Waals surface area (Å²) in [6.45, 7) is 3.31. The van der Waals surface area contributed by atoms with Gasteiger partial charge in [0.05, 0.1) is 17.5 Å². The molecule has 6 rings (SSSR count). The number of fused-ring (bicyclic) bond motifs is 4. The van der Waals surface area contributed by atoms with Gasteiger partial charge in [0.1, 0.15) is 12.4 Å². The van der Waals surface area contributed by atoms with Crippen molar-refractivity contribution in [2.24, 2.45) is 0 Å². The summed E-state index contributed by atoms with van der Waals surface area (Å²) in [5.41, 5.74) is 4.96. The van der Waals surface area contributed by atoms with Gasteiger partial charge in [0.2, 0.25) is 10.0 Å². The molecule has 4 bridgehead atoms. The number of amides is 1. The van der Waals surface area contributed by atoms with E-state index in [4.69, 9.17) is 4.74 Å². The van der Waals surface area contributed by atoms with Crippen LogP contribution in [0.4, 0.5) is 0 Å². The number of likely N-dealkylation sites (N-methyl/N-ethyl adjacent to an activating group) is 1. The Hall–Kier alpha value is -2.88. The predicted octanol–water partition coefficient (Wildman–Crippen LogP) is 4.44. The maximum absolute atomic E-state index is 13.3. The number of carbonyl (C=O) groups excluding carboxylic acids is 1. The molecule has 0 radical (unpaired) electrons. The van der Waals surface area contributed by atoms with Crippen LogP contribution in [0.3, 0.4) is 0 Å². The molecule has 0 spiro atoms. The molecule has 3 aliphatic rings. The van der Waals surface area contributed by atoms with Gasteiger partial charge in [-0.1, -0.05) is 37.5 Å². The second-order valence-corrected chi connectivity index (χ2v) is 13.6. The molecule has 1 N–H and O–H groups in total. The number of nitrogens with one attached hydrogen (secondary N) is 1. The quantitative estimate of drug-likeness (QED) is 0.471. The van der Waals surface area contributed by atoms with Crippen molar-refractivity contribution in [3.63, 3.8) is 0 Å². The Labute approximate surface area is 237 Å². The Bertz CT molecular complexity index is 1510. The second-order valence-electron chi connectivity index (χ2n) is 11.8. The molecule has 1 fully saturated rings. The topological polar surface area (TPSA) is 83.9 Å². The number of hydrogen-bond acceptors (Lipinski definition) is 6. The first-order chi connectivity index (χ1) is 19.3. The molecule has 1 atom stereocenters. The van der Waals surface area contributed by atoms with Crippen LogP contribution in [-0.2, 0) is 16.6 Å². The Kier molecular flexibility index (Phi) is 7.63. The molecule has 1 saturated carbocycles. The molecule has 3 aromatic rings. The van der Waals surface area contributed by atoms with Crippen molar-refractivity contribution < 1.29 is 17.9 Å². The van der Waals surface area contributed by atoms with Gasteiger partial charge in [-0.05, 0) is 82.2 Å². The van der Waals surface area contributed by atoms with E-state index >= 15 is 0 Å². The number of nitrogens with zero attached hydrogens (tertiary/aromatic N) is 3. The van der Waals surface area contributed by atoms with Crippen LogP contribution in [0.25, 0.3) is 22.2 Å². The summed E-state index contributed by atoms with van der Waals surface area (Å²) in [6, 6.07) is 14.2. The Morgan fingerprint density at radius 3 is 2.58 bits per heavy atom. The molecule has 9 heteroatoms. The van der Waals surface area contributed by atoms with Crippen LogP contribution in [0.1, 0.15) is 60.4 Å². The van der Waals surface area contributed by atoms with Crippen molar-refractivity contribution in [1.82, 2.24) is 19.1 Å². The van der Waals surface area contributed by atoms with E-state index in [-0.39, 0.29) is 11.8 Å². The Morgan fingerprint density at radius 2 is 1.75 bits per heavy atom. The van der Waals surface area contributed by atoms with E-state index < -0.39 is 15.9 Å². The highest BCUT2D eigenvalue weighted by atomic mass is 32.2. The number of aromatic nitrogens is 1. The molecule has 1 aliphatic carbocycles. The summed E-state index contributed by atoms with van der Waals surface area (Å²) < 4.78 is 36.8. The van der Waals surface area contributed by atoms with E-state index in [0.717, 1.165) is 61.1 Å². The number of para-hydroxylation sites is 1. The van der Waals surface area contributed by atoms with Gasteiger partial charge >= 0.3 is 0 Å². The second kappa shape index (κ2) is 11.2. The van der Waals surface area contributed by atoms with Crippen LogP contribution in [0, 0.1) is 0 Å². The van der Waals surface area contributed by atoms with E-state index in [1.165, 1.54) is 30.5 Å². The first-order valence-corrected chi connectivity index (χ1v) is 16.3. The number of benzene rings is 2. The fourth-order valence-electron chi connectivity index (χ4n) is 6.72. The van der Waals surface area contributed by atoms with Gasteiger partial charge in [0, 0.05) is 35.1 Å². The van der Waals surface area contributed by atoms with E-state index in [1.54, 1.807) is 6.07 Å². The Morgan fingerprint density at radius 1 is 0.950 bits per heavy atom. The summed E-state index contributed by atoms with van der Waals surface area (Å²) >= 11 is 0. The van der Waals surface area contributed by atoms with Gasteiger partial charge in [-0.3, -0.25) is 9.69 Å². The lowest BCUT2D eigenvalue weighted by Gasteiger charge is -2.33. The fourth-order valence-corrected chi connectivity index (χ4v) is 7.77. The van der Waals surface area contributed by atoms with Crippen molar-refractivity contribution >= 4 is 26.8 Å². The van der Waals surface area contributed by atoms with Gasteiger partial charge < -0.3 is 14.2 Å². The molecule has 1 amide bonds. The van der Waals surface area contributed by atoms with E-state index in [0.29, 0.717) is 24.6 Å². The molecule has 2 aliphatic heterocycles. The number of ether oxygens (including phenoxy) is 1. The zero-order valence-corrected chi connectivity index (χ0v) is 24.4. The third-order valence-electron chi connectivity index (χ3n) is 9.01. The third-order valence-corrected chi connectivity index (χ3v) is 10.2. The van der Waals surface area contributed by atoms with Crippen LogP contribution in [0.15, 0.2) is 42.5 Å². The predicted molar refractivity (Wildman–Crippen MR) is 158 cm³/mol. The molecular formula is C31H40N4O4S. The number of rotatable bonds is 1. The van der Waals surface area contributed by atoms with Gasteiger partial charge in [0.15, 0.2) is 0 Å². The fraction of sp³-hybridized carbons (Fsp3) is 0.516. The minimum atomic E-state index is -3.76. The average molecular weight is 565 g/mol. The largest absolute Gasteiger partial charge is 0.491 e. The first-order valence-electron chi connectivity index (χ1n) is 14.6. The van der Waals surface area contributed by atoms with E-state index in [1.807, 2.05) is 30.1 Å². The van der Waals surface area contributed by atoms with Crippen LogP contribution >= 0.6 is 0 Å². The summed E-state index contributed by atoms with van der Waals surface area (Å²) in [5, 5.41) is 1.15. The highest BCUT2D eigenvalue weighted by Crippen LogP contribution is 2.47. The van der Waals surface area contributed by atoms with Crippen molar-refractivity contribution in [1.29, 1.82) is 0 Å². The maximum Gasteiger partial charge on any atom is 0.264 e. The average Bonchev–Trinajstić information content (AvgIpc) is 3.25. The molecule has 214 valence electrons. The van der Waals surface area contributed by atoms with E-state index in [2.05, 4.69) is 39.4 Å². The molecule has 1 aromatic heterocycles. The number of carbonyl (C=O) groups is 1. The smallest absolute Gasteiger partial charge is 0.264 e. The van der Waals surface area contributed by atoms with Crippen LogP contribution in [0.5, 0.6) is 5.75 Å². The molecule has 40 heavy (non-hydrogen) atoms. The molecule has 0 saturated heterocycles. The normalized spacial score (nSPS) is 23.4. The lowest BCUT2D eigenvalue weighted by molar-refractivity contribution is 0.0981. The lowest BCUT2D eigenvalue weighted by Crippen LogP contribution is -2.42. The van der Waals surface area contributed by atoms with Gasteiger partial charge in [-0.2, -0.15) is 0 Å². The summed E-state index contributed by atoms with van der Waals surface area (Å²) in [7, 11) is 0.322. The summed E-state index contributed by atoms with van der Waals surface area (Å²) in [5.74, 6) is 0.628. The minimum absolute atomic E-state index is 0.118. The monoisotopic (exact) mass is 564 g/mol. The standard InChI is InChI=1S/C31H40N4O4S/c1-33-15-8-16-34(2)24-20-35-27-19-23(31(36)32-40(37,38)18-17-33)13-14-25(27)29(22-9-4-3-5-10-22)30(35)26-11-6-7-12-28(26)39-21-24/h6-7,11-14,19,22,24H,3-5,8-10,15-18,20-21H2,1-2H3,(H,32,36)/t24-/m1/s1. The third kappa shape index (κ3) is 5.39. The SMILES string of the molecule is CN1CCCN(C)[C@H]2COc3ccccc3-c3c(C4CCCCC4)c4ccc(cc4n3C2)C(=O)NS(=O)(=O)CC1. The summed E-state index contributed by atoms with van der Waals surface area (Å²) in [6.07, 6.45) is 6.90. The molecular weight excluding hydrogens is 524 g/mol. The van der Waals surface area contributed by atoms with E-state index in [9.17, 15) is 13.2 Å². The highest BCUT2D eigenvalue weighted by Gasteiger charge is 2.32. The lowest BCUT2D eigenvalue weighted by atomic mass is 9.81. The van der Waals surface area contributed by atoms with Crippen LogP contribution in [-0.4, -0.2) is 80.8 Å². The molecule has 3 heterocycles. The van der Waals surface area contributed by atoms with Crippen molar-refractivity contribution in [3.05, 3.63) is 53.6 Å². The number of hydrogen-bond donors (Lipinski definition) is 1. The molecule has 0 unspecified atom stereocenters. The van der Waals surface area contributed by atoms with Crippen LogP contribution in [0.2, 0.25) is 0 Å². The highest BCUT2D eigenvalue weighted by molar-refractivity contribution is 7.90. The maximum atomic E-state index is 13.3. The van der Waals surface area contributed by atoms with Crippen molar-refractivity contribution in [2.45, 2.75) is 57.0 Å². The summed E-state index contributed by atoms with van der Waals surface area (Å²) in [4.78, 5) is 17.6. The van der Waals surface area contributed by atoms with Gasteiger partial charge in [0.25, 0.3) is 5.91 Å². The molecule has 2 aromatic carbocycles. The Balaban J connectivity index is 1.57. The van der Waals surface area contributed by atoms with Gasteiger partial charge in [-0.25, -0.2) is 13.1 Å². The first kappa shape index (κ1) is 27.3. The van der Waals surface area contributed by atoms with Crippen molar-refractivity contribution in [3.8, 4) is 17.0 Å². The number of sulfonamides is 1. The van der Waals surface area contributed by atoms with Gasteiger partial charge in [-0.15, -0.1) is 0 Å². The molecule has 8 nitrogen and oxygen atoms in total. The zero-order chi connectivity index (χ0) is 27.9.